The van der Waals surface area contributed by atoms with Gasteiger partial charge in [0.15, 0.2) is 0 Å². The highest BCUT2D eigenvalue weighted by Crippen LogP contribution is 2.20. The van der Waals surface area contributed by atoms with Gasteiger partial charge in [0.1, 0.15) is 11.9 Å². The molecule has 0 unspecified atom stereocenters. The molecule has 0 saturated heterocycles. The Kier molecular flexibility index (Phi) is 7.86. The van der Waals surface area contributed by atoms with Crippen LogP contribution in [0.1, 0.15) is 50.2 Å². The lowest BCUT2D eigenvalue weighted by Crippen LogP contribution is -2.51. The number of hydrogen-bond donors (Lipinski definition) is 1. The van der Waals surface area contributed by atoms with Crippen molar-refractivity contribution in [3.63, 3.8) is 0 Å². The highest BCUT2D eigenvalue weighted by atomic mass is 35.5. The number of nitrogens with zero attached hydrogens (tertiary/aromatic N) is 1. The van der Waals surface area contributed by atoms with Gasteiger partial charge < -0.3 is 10.2 Å². The largest absolute Gasteiger partial charge is 0.352 e. The zero-order valence-electron chi connectivity index (χ0n) is 17.2. The van der Waals surface area contributed by atoms with E-state index in [1.165, 1.54) is 12.1 Å². The molecular formula is C24H28ClFN2O2. The van der Waals surface area contributed by atoms with Gasteiger partial charge in [-0.05, 0) is 54.7 Å². The first-order chi connectivity index (χ1) is 14.5. The lowest BCUT2D eigenvalue weighted by molar-refractivity contribution is -0.141. The molecule has 0 spiro atoms. The molecule has 0 bridgehead atoms. The highest BCUT2D eigenvalue weighted by Gasteiger charge is 2.30. The van der Waals surface area contributed by atoms with Crippen LogP contribution in [0.5, 0.6) is 0 Å². The van der Waals surface area contributed by atoms with Gasteiger partial charge in [-0.2, -0.15) is 0 Å². The minimum absolute atomic E-state index is 0.119. The fourth-order valence-corrected chi connectivity index (χ4v) is 4.21. The summed E-state index contributed by atoms with van der Waals surface area (Å²) in [6.07, 6.45) is 4.85. The molecule has 3 rings (SSSR count). The van der Waals surface area contributed by atoms with Crippen LogP contribution >= 0.6 is 11.6 Å². The molecule has 1 N–H and O–H groups in total. The van der Waals surface area contributed by atoms with E-state index in [0.29, 0.717) is 11.4 Å². The number of benzene rings is 2. The van der Waals surface area contributed by atoms with E-state index in [-0.39, 0.29) is 36.6 Å². The van der Waals surface area contributed by atoms with Crippen molar-refractivity contribution < 1.29 is 14.0 Å². The Morgan fingerprint density at radius 2 is 1.83 bits per heavy atom. The van der Waals surface area contributed by atoms with Crippen LogP contribution in [0.15, 0.2) is 48.5 Å². The summed E-state index contributed by atoms with van der Waals surface area (Å²) >= 11 is 6.06. The number of amides is 2. The van der Waals surface area contributed by atoms with E-state index in [1.807, 2.05) is 13.0 Å². The van der Waals surface area contributed by atoms with E-state index in [0.717, 1.165) is 36.8 Å². The van der Waals surface area contributed by atoms with Crippen LogP contribution in [-0.2, 0) is 22.6 Å². The first-order valence-electron chi connectivity index (χ1n) is 10.5. The molecule has 2 aromatic rings. The zero-order valence-corrected chi connectivity index (χ0v) is 18.0. The minimum Gasteiger partial charge on any atom is -0.352 e. The first kappa shape index (κ1) is 22.3. The molecule has 2 amide bonds. The molecule has 1 saturated carbocycles. The second-order valence-electron chi connectivity index (χ2n) is 7.87. The van der Waals surface area contributed by atoms with Crippen LogP contribution in [-0.4, -0.2) is 28.8 Å². The van der Waals surface area contributed by atoms with Crippen molar-refractivity contribution in [3.8, 4) is 0 Å². The van der Waals surface area contributed by atoms with Crippen molar-refractivity contribution in [3.05, 3.63) is 70.5 Å². The Bertz CT molecular complexity index is 866. The van der Waals surface area contributed by atoms with Crippen LogP contribution in [0.2, 0.25) is 5.02 Å². The van der Waals surface area contributed by atoms with Crippen molar-refractivity contribution in [2.75, 3.05) is 0 Å². The van der Waals surface area contributed by atoms with E-state index in [1.54, 1.807) is 35.2 Å². The van der Waals surface area contributed by atoms with Gasteiger partial charge in [0.05, 0.1) is 6.42 Å². The maximum absolute atomic E-state index is 13.3. The number of carbonyl (C=O) groups excluding carboxylic acids is 2. The monoisotopic (exact) mass is 430 g/mol. The predicted molar refractivity (Wildman–Crippen MR) is 117 cm³/mol. The number of carbonyl (C=O) groups is 2. The van der Waals surface area contributed by atoms with E-state index in [2.05, 4.69) is 5.32 Å². The smallest absolute Gasteiger partial charge is 0.243 e. The summed E-state index contributed by atoms with van der Waals surface area (Å²) in [6, 6.07) is 12.8. The average Bonchev–Trinajstić information content (AvgIpc) is 3.22. The van der Waals surface area contributed by atoms with Gasteiger partial charge in [-0.25, -0.2) is 4.39 Å². The van der Waals surface area contributed by atoms with Gasteiger partial charge in [-0.15, -0.1) is 0 Å². The van der Waals surface area contributed by atoms with Gasteiger partial charge in [-0.3, -0.25) is 9.59 Å². The number of hydrogen-bond acceptors (Lipinski definition) is 2. The third-order valence-electron chi connectivity index (χ3n) is 5.60. The SMILES string of the molecule is CC[C@@H](C(=O)NC1CCCC1)N(Cc1ccc(F)cc1)C(=O)Cc1cccc(Cl)c1. The third kappa shape index (κ3) is 6.05. The molecular weight excluding hydrogens is 403 g/mol. The quantitative estimate of drug-likeness (QED) is 0.648. The summed E-state index contributed by atoms with van der Waals surface area (Å²) in [5, 5.41) is 3.69. The van der Waals surface area contributed by atoms with Crippen LogP contribution in [0.3, 0.4) is 0 Å². The summed E-state index contributed by atoms with van der Waals surface area (Å²) in [6.45, 7) is 2.15. The molecule has 4 nitrogen and oxygen atoms in total. The summed E-state index contributed by atoms with van der Waals surface area (Å²) in [7, 11) is 0. The fraction of sp³-hybridized carbons (Fsp3) is 0.417. The molecule has 0 aromatic heterocycles. The zero-order chi connectivity index (χ0) is 21.5. The molecule has 1 aliphatic carbocycles. The Morgan fingerprint density at radius 1 is 1.13 bits per heavy atom. The third-order valence-corrected chi connectivity index (χ3v) is 5.83. The first-order valence-corrected chi connectivity index (χ1v) is 10.9. The molecule has 0 heterocycles. The molecule has 1 aliphatic rings. The van der Waals surface area contributed by atoms with E-state index >= 15 is 0 Å². The van der Waals surface area contributed by atoms with Crippen molar-refractivity contribution in [1.82, 2.24) is 10.2 Å². The molecule has 0 aliphatic heterocycles. The number of nitrogens with one attached hydrogen (secondary N) is 1. The molecule has 6 heteroatoms. The van der Waals surface area contributed by atoms with Crippen LogP contribution in [0.4, 0.5) is 4.39 Å². The fourth-order valence-electron chi connectivity index (χ4n) is 4.00. The Hall–Kier alpha value is -2.40. The maximum Gasteiger partial charge on any atom is 0.243 e. The molecule has 30 heavy (non-hydrogen) atoms. The van der Waals surface area contributed by atoms with Crippen LogP contribution in [0.25, 0.3) is 0 Å². The standard InChI is InChI=1S/C24H28ClFN2O2/c1-2-22(24(30)27-21-8-3-4-9-21)28(16-17-10-12-20(26)13-11-17)23(29)15-18-6-5-7-19(25)14-18/h5-7,10-14,21-22H,2-4,8-9,15-16H2,1H3,(H,27,30)/t22-/m0/s1. The second kappa shape index (κ2) is 10.6. The Balaban J connectivity index is 1.81. The van der Waals surface area contributed by atoms with E-state index in [9.17, 15) is 14.0 Å². The normalized spacial score (nSPS) is 15.0. The van der Waals surface area contributed by atoms with Gasteiger partial charge >= 0.3 is 0 Å². The van der Waals surface area contributed by atoms with Crippen molar-refractivity contribution in [1.29, 1.82) is 0 Å². The molecule has 1 atom stereocenters. The summed E-state index contributed by atoms with van der Waals surface area (Å²) in [5.74, 6) is -0.609. The van der Waals surface area contributed by atoms with Gasteiger partial charge in [-0.1, -0.05) is 55.6 Å². The van der Waals surface area contributed by atoms with Crippen LogP contribution in [0, 0.1) is 5.82 Å². The molecule has 2 aromatic carbocycles. The summed E-state index contributed by atoms with van der Waals surface area (Å²) in [4.78, 5) is 27.9. The summed E-state index contributed by atoms with van der Waals surface area (Å²) in [5.41, 5.74) is 1.57. The summed E-state index contributed by atoms with van der Waals surface area (Å²) < 4.78 is 13.3. The van der Waals surface area contributed by atoms with Crippen molar-refractivity contribution in [2.24, 2.45) is 0 Å². The minimum atomic E-state index is -0.581. The van der Waals surface area contributed by atoms with Gasteiger partial charge in [0.25, 0.3) is 0 Å². The topological polar surface area (TPSA) is 49.4 Å². The lowest BCUT2D eigenvalue weighted by Gasteiger charge is -2.31. The predicted octanol–water partition coefficient (Wildman–Crippen LogP) is 4.89. The molecule has 160 valence electrons. The highest BCUT2D eigenvalue weighted by molar-refractivity contribution is 6.30. The molecule has 0 radical (unpaired) electrons. The maximum atomic E-state index is 13.3. The van der Waals surface area contributed by atoms with Crippen LogP contribution < -0.4 is 5.32 Å². The number of rotatable bonds is 8. The Morgan fingerprint density at radius 3 is 2.47 bits per heavy atom. The average molecular weight is 431 g/mol. The second-order valence-corrected chi connectivity index (χ2v) is 8.31. The Labute approximate surface area is 182 Å². The van der Waals surface area contributed by atoms with Crippen molar-refractivity contribution in [2.45, 2.75) is 64.1 Å². The number of halogens is 2. The van der Waals surface area contributed by atoms with Gasteiger partial charge in [0, 0.05) is 17.6 Å². The lowest BCUT2D eigenvalue weighted by atomic mass is 10.1. The van der Waals surface area contributed by atoms with E-state index < -0.39 is 6.04 Å². The van der Waals surface area contributed by atoms with E-state index in [4.69, 9.17) is 11.6 Å². The van der Waals surface area contributed by atoms with Crippen molar-refractivity contribution >= 4 is 23.4 Å². The molecule has 1 fully saturated rings. The van der Waals surface area contributed by atoms with Gasteiger partial charge in [0.2, 0.25) is 11.8 Å².